The van der Waals surface area contributed by atoms with Crippen LogP contribution in [0.1, 0.15) is 17.6 Å². The average molecular weight is 278 g/mol. The van der Waals surface area contributed by atoms with E-state index in [4.69, 9.17) is 20.4 Å². The SMILES string of the molecule is OC(c1ccc(Cl)o1)c1occc1Br. The molecular weight excluding hydrogens is 271 g/mol. The molecule has 0 aliphatic heterocycles. The smallest absolute Gasteiger partial charge is 0.193 e. The van der Waals surface area contributed by atoms with E-state index in [2.05, 4.69) is 15.9 Å². The number of halogens is 2. The van der Waals surface area contributed by atoms with Crippen molar-refractivity contribution in [2.75, 3.05) is 0 Å². The lowest BCUT2D eigenvalue weighted by atomic mass is 10.2. The Bertz CT molecular complexity index is 435. The molecule has 2 heterocycles. The third kappa shape index (κ3) is 1.73. The molecule has 3 nitrogen and oxygen atoms in total. The van der Waals surface area contributed by atoms with Gasteiger partial charge in [-0.3, -0.25) is 0 Å². The molecular formula is C9H6BrClO3. The maximum atomic E-state index is 9.80. The fourth-order valence-corrected chi connectivity index (χ4v) is 1.68. The molecule has 74 valence electrons. The molecule has 0 saturated heterocycles. The molecule has 0 fully saturated rings. The van der Waals surface area contributed by atoms with Gasteiger partial charge in [-0.2, -0.15) is 0 Å². The average Bonchev–Trinajstić information content (AvgIpc) is 2.73. The number of aliphatic hydroxyl groups excluding tert-OH is 1. The van der Waals surface area contributed by atoms with E-state index in [1.165, 1.54) is 6.26 Å². The molecule has 1 atom stereocenters. The normalized spacial score (nSPS) is 13.1. The summed E-state index contributed by atoms with van der Waals surface area (Å²) in [5.74, 6) is 0.752. The minimum Gasteiger partial charge on any atom is -0.465 e. The van der Waals surface area contributed by atoms with E-state index in [0.29, 0.717) is 16.0 Å². The summed E-state index contributed by atoms with van der Waals surface area (Å²) >= 11 is 8.83. The Morgan fingerprint density at radius 3 is 2.64 bits per heavy atom. The van der Waals surface area contributed by atoms with Crippen LogP contribution in [0.4, 0.5) is 0 Å². The fraction of sp³-hybridized carbons (Fsp3) is 0.111. The first-order valence-electron chi connectivity index (χ1n) is 3.84. The Hall–Kier alpha value is -0.710. The highest BCUT2D eigenvalue weighted by atomic mass is 79.9. The van der Waals surface area contributed by atoms with Crippen LogP contribution in [0.5, 0.6) is 0 Å². The van der Waals surface area contributed by atoms with Gasteiger partial charge in [-0.25, -0.2) is 0 Å². The zero-order valence-electron chi connectivity index (χ0n) is 6.91. The Labute approximate surface area is 93.4 Å². The quantitative estimate of drug-likeness (QED) is 0.915. The molecule has 2 aromatic rings. The van der Waals surface area contributed by atoms with Gasteiger partial charge in [-0.1, -0.05) is 0 Å². The van der Waals surface area contributed by atoms with E-state index >= 15 is 0 Å². The molecule has 5 heteroatoms. The number of hydrogen-bond acceptors (Lipinski definition) is 3. The highest BCUT2D eigenvalue weighted by Crippen LogP contribution is 2.31. The Kier molecular flexibility index (Phi) is 2.67. The van der Waals surface area contributed by atoms with E-state index in [1.807, 2.05) is 0 Å². The Morgan fingerprint density at radius 2 is 2.14 bits per heavy atom. The molecule has 2 rings (SSSR count). The van der Waals surface area contributed by atoms with E-state index in [1.54, 1.807) is 18.2 Å². The maximum absolute atomic E-state index is 9.80. The van der Waals surface area contributed by atoms with Crippen LogP contribution in [0.3, 0.4) is 0 Å². The van der Waals surface area contributed by atoms with Crippen LogP contribution in [0.2, 0.25) is 5.22 Å². The van der Waals surface area contributed by atoms with E-state index < -0.39 is 6.10 Å². The van der Waals surface area contributed by atoms with Crippen LogP contribution < -0.4 is 0 Å². The molecule has 0 aliphatic carbocycles. The summed E-state index contributed by atoms with van der Waals surface area (Å²) in [6.07, 6.45) is 0.541. The van der Waals surface area contributed by atoms with Crippen molar-refractivity contribution in [3.63, 3.8) is 0 Å². The van der Waals surface area contributed by atoms with Crippen LogP contribution >= 0.6 is 27.5 Å². The van der Waals surface area contributed by atoms with Gasteiger partial charge in [0.15, 0.2) is 17.1 Å². The summed E-state index contributed by atoms with van der Waals surface area (Å²) in [4.78, 5) is 0. The number of rotatable bonds is 2. The number of furan rings is 2. The van der Waals surface area contributed by atoms with Gasteiger partial charge < -0.3 is 13.9 Å². The fourth-order valence-electron chi connectivity index (χ4n) is 1.10. The molecule has 2 aromatic heterocycles. The van der Waals surface area contributed by atoms with Crippen molar-refractivity contribution >= 4 is 27.5 Å². The topological polar surface area (TPSA) is 46.5 Å². The van der Waals surface area contributed by atoms with Gasteiger partial charge in [0.2, 0.25) is 0 Å². The lowest BCUT2D eigenvalue weighted by molar-refractivity contribution is 0.161. The van der Waals surface area contributed by atoms with E-state index in [9.17, 15) is 5.11 Å². The zero-order chi connectivity index (χ0) is 10.1. The van der Waals surface area contributed by atoms with Gasteiger partial charge >= 0.3 is 0 Å². The molecule has 0 aliphatic rings. The lowest BCUT2D eigenvalue weighted by Gasteiger charge is -2.04. The van der Waals surface area contributed by atoms with Crippen LogP contribution in [0.25, 0.3) is 0 Å². The van der Waals surface area contributed by atoms with Crippen molar-refractivity contribution < 1.29 is 13.9 Å². The molecule has 1 N–H and O–H groups in total. The van der Waals surface area contributed by atoms with Crippen LogP contribution in [-0.4, -0.2) is 5.11 Å². The van der Waals surface area contributed by atoms with Crippen molar-refractivity contribution in [2.45, 2.75) is 6.10 Å². The summed E-state index contributed by atoms with van der Waals surface area (Å²) in [5.41, 5.74) is 0. The summed E-state index contributed by atoms with van der Waals surface area (Å²) in [6.45, 7) is 0. The van der Waals surface area contributed by atoms with Crippen molar-refractivity contribution in [1.82, 2.24) is 0 Å². The minimum absolute atomic E-state index is 0.238. The van der Waals surface area contributed by atoms with E-state index in [0.717, 1.165) is 0 Å². The van der Waals surface area contributed by atoms with Crippen molar-refractivity contribution in [1.29, 1.82) is 0 Å². The van der Waals surface area contributed by atoms with Gasteiger partial charge in [-0.15, -0.1) is 0 Å². The van der Waals surface area contributed by atoms with E-state index in [-0.39, 0.29) is 5.22 Å². The number of hydrogen-bond donors (Lipinski definition) is 1. The standard InChI is InChI=1S/C9H6BrClO3/c10-5-3-4-13-9(5)8(12)6-1-2-7(11)14-6/h1-4,8,12H. The second kappa shape index (κ2) is 3.81. The molecule has 14 heavy (non-hydrogen) atoms. The highest BCUT2D eigenvalue weighted by molar-refractivity contribution is 9.10. The first-order chi connectivity index (χ1) is 6.68. The van der Waals surface area contributed by atoms with Crippen LogP contribution in [0.15, 0.2) is 37.8 Å². The summed E-state index contributed by atoms with van der Waals surface area (Å²) in [5, 5.41) is 10.0. The van der Waals surface area contributed by atoms with Crippen molar-refractivity contribution in [2.24, 2.45) is 0 Å². The Balaban J connectivity index is 2.33. The van der Waals surface area contributed by atoms with Crippen LogP contribution in [0, 0.1) is 0 Å². The van der Waals surface area contributed by atoms with Crippen LogP contribution in [-0.2, 0) is 0 Å². The molecule has 0 radical (unpaired) electrons. The first kappa shape index (κ1) is 9.83. The predicted molar refractivity (Wildman–Crippen MR) is 54.2 cm³/mol. The lowest BCUT2D eigenvalue weighted by Crippen LogP contribution is -1.96. The highest BCUT2D eigenvalue weighted by Gasteiger charge is 2.20. The third-order valence-electron chi connectivity index (χ3n) is 1.76. The second-order valence-corrected chi connectivity index (χ2v) is 3.90. The van der Waals surface area contributed by atoms with Crippen molar-refractivity contribution in [3.8, 4) is 0 Å². The predicted octanol–water partition coefficient (Wildman–Crippen LogP) is 3.37. The summed E-state index contributed by atoms with van der Waals surface area (Å²) in [6, 6.07) is 4.86. The summed E-state index contributed by atoms with van der Waals surface area (Å²) < 4.78 is 10.8. The maximum Gasteiger partial charge on any atom is 0.193 e. The molecule has 0 saturated carbocycles. The monoisotopic (exact) mass is 276 g/mol. The first-order valence-corrected chi connectivity index (χ1v) is 5.02. The third-order valence-corrected chi connectivity index (χ3v) is 2.61. The zero-order valence-corrected chi connectivity index (χ0v) is 9.25. The van der Waals surface area contributed by atoms with Gasteiger partial charge in [0.1, 0.15) is 5.76 Å². The van der Waals surface area contributed by atoms with Gasteiger partial charge in [-0.05, 0) is 45.7 Å². The Morgan fingerprint density at radius 1 is 1.36 bits per heavy atom. The molecule has 0 bridgehead atoms. The molecule has 1 unspecified atom stereocenters. The van der Waals surface area contributed by atoms with Crippen molar-refractivity contribution in [3.05, 3.63) is 45.7 Å². The van der Waals surface area contributed by atoms with Gasteiger partial charge in [0.25, 0.3) is 0 Å². The largest absolute Gasteiger partial charge is 0.465 e. The molecule has 0 amide bonds. The summed E-state index contributed by atoms with van der Waals surface area (Å²) in [7, 11) is 0. The minimum atomic E-state index is -0.938. The molecule has 0 aromatic carbocycles. The van der Waals surface area contributed by atoms with Gasteiger partial charge in [0, 0.05) is 0 Å². The second-order valence-electron chi connectivity index (χ2n) is 2.68. The number of aliphatic hydroxyl groups is 1. The molecule has 0 spiro atoms. The van der Waals surface area contributed by atoms with Gasteiger partial charge in [0.05, 0.1) is 10.7 Å².